The second-order valence-electron chi connectivity index (χ2n) is 6.53. The number of rotatable bonds is 5. The van der Waals surface area contributed by atoms with Crippen LogP contribution in [0.4, 0.5) is 17.1 Å². The molecule has 1 amide bonds. The summed E-state index contributed by atoms with van der Waals surface area (Å²) in [4.78, 5) is 28.8. The van der Waals surface area contributed by atoms with Crippen molar-refractivity contribution in [2.45, 2.75) is 29.7 Å². The van der Waals surface area contributed by atoms with Gasteiger partial charge in [-0.25, -0.2) is 0 Å². The van der Waals surface area contributed by atoms with Crippen LogP contribution in [-0.4, -0.2) is 17.0 Å². The number of para-hydroxylation sites is 2. The molecule has 1 aliphatic rings. The molecule has 4 rings (SSSR count). The fourth-order valence-corrected chi connectivity index (χ4v) is 4.41. The summed E-state index contributed by atoms with van der Waals surface area (Å²) in [6.45, 7) is 3.05. The molecule has 1 N–H and O–H groups in total. The van der Waals surface area contributed by atoms with E-state index >= 15 is 0 Å². The molecule has 0 bridgehead atoms. The third-order valence-electron chi connectivity index (χ3n) is 4.70. The molecule has 2 heterocycles. The highest BCUT2D eigenvalue weighted by atomic mass is 32.2. The fraction of sp³-hybridized carbons (Fsp3) is 0.182. The molecular formula is C22H21N3O2S. The van der Waals surface area contributed by atoms with E-state index in [-0.39, 0.29) is 11.5 Å². The van der Waals surface area contributed by atoms with Crippen molar-refractivity contribution < 1.29 is 4.79 Å². The van der Waals surface area contributed by atoms with E-state index in [1.807, 2.05) is 31.2 Å². The minimum Gasteiger partial charge on any atom is -0.339 e. The smallest absolute Gasteiger partial charge is 0.250 e. The number of amides is 1. The summed E-state index contributed by atoms with van der Waals surface area (Å²) in [5.74, 6) is -0.0745. The third kappa shape index (κ3) is 3.68. The largest absolute Gasteiger partial charge is 0.339 e. The summed E-state index contributed by atoms with van der Waals surface area (Å²) in [5, 5.41) is 2.90. The average molecular weight is 391 g/mol. The van der Waals surface area contributed by atoms with Gasteiger partial charge >= 0.3 is 0 Å². The van der Waals surface area contributed by atoms with Gasteiger partial charge in [0.25, 0.3) is 5.56 Å². The van der Waals surface area contributed by atoms with Gasteiger partial charge in [-0.1, -0.05) is 36.0 Å². The summed E-state index contributed by atoms with van der Waals surface area (Å²) in [7, 11) is 0. The number of nitrogens with zero attached hydrogens (tertiary/aromatic N) is 2. The Morgan fingerprint density at radius 2 is 1.61 bits per heavy atom. The minimum atomic E-state index is -0.0745. The molecule has 28 heavy (non-hydrogen) atoms. The Balaban J connectivity index is 1.50. The number of carbonyl (C=O) groups is 1. The molecule has 0 radical (unpaired) electrons. The second kappa shape index (κ2) is 7.94. The lowest BCUT2D eigenvalue weighted by molar-refractivity contribution is -0.116. The third-order valence-corrected chi connectivity index (χ3v) is 5.83. The molecule has 1 aromatic heterocycles. The van der Waals surface area contributed by atoms with Gasteiger partial charge in [0.05, 0.1) is 17.1 Å². The van der Waals surface area contributed by atoms with Crippen molar-refractivity contribution in [3.05, 3.63) is 77.2 Å². The van der Waals surface area contributed by atoms with Gasteiger partial charge in [-0.05, 0) is 37.3 Å². The van der Waals surface area contributed by atoms with Crippen molar-refractivity contribution in [3.63, 3.8) is 0 Å². The van der Waals surface area contributed by atoms with Crippen LogP contribution in [0.2, 0.25) is 0 Å². The Morgan fingerprint density at radius 1 is 0.964 bits per heavy atom. The zero-order chi connectivity index (χ0) is 19.5. The molecule has 0 spiro atoms. The Kier molecular flexibility index (Phi) is 5.21. The molecule has 0 saturated carbocycles. The van der Waals surface area contributed by atoms with Gasteiger partial charge in [0.15, 0.2) is 0 Å². The molecule has 0 aliphatic carbocycles. The zero-order valence-corrected chi connectivity index (χ0v) is 16.4. The first-order chi connectivity index (χ1) is 13.7. The number of aromatic nitrogens is 1. The number of hydrogen-bond donors (Lipinski definition) is 1. The zero-order valence-electron chi connectivity index (χ0n) is 15.6. The second-order valence-corrected chi connectivity index (χ2v) is 7.61. The number of benzene rings is 2. The SMILES string of the molecule is CCn1cc(NC(=O)CCN2c3ccccc3Sc3ccccc32)ccc1=O. The molecule has 142 valence electrons. The number of pyridine rings is 1. The van der Waals surface area contributed by atoms with Crippen LogP contribution in [0.5, 0.6) is 0 Å². The predicted molar refractivity (Wildman–Crippen MR) is 114 cm³/mol. The first-order valence-electron chi connectivity index (χ1n) is 9.29. The van der Waals surface area contributed by atoms with E-state index < -0.39 is 0 Å². The standard InChI is InChI=1S/C22H21N3O2S/c1-2-24-15-16(11-12-22(24)27)23-21(26)13-14-25-17-7-3-5-9-19(17)28-20-10-6-4-8-18(20)25/h3-12,15H,2,13-14H2,1H3,(H,23,26). The van der Waals surface area contributed by atoms with Gasteiger partial charge in [-0.2, -0.15) is 0 Å². The molecule has 2 aromatic carbocycles. The van der Waals surface area contributed by atoms with Crippen LogP contribution in [-0.2, 0) is 11.3 Å². The topological polar surface area (TPSA) is 54.3 Å². The summed E-state index contributed by atoms with van der Waals surface area (Å²) in [6, 6.07) is 19.6. The van der Waals surface area contributed by atoms with Crippen LogP contribution in [0, 0.1) is 0 Å². The Labute approximate surface area is 168 Å². The molecular weight excluding hydrogens is 370 g/mol. The van der Waals surface area contributed by atoms with Gasteiger partial charge in [-0.3, -0.25) is 9.59 Å². The maximum Gasteiger partial charge on any atom is 0.250 e. The molecule has 5 nitrogen and oxygen atoms in total. The highest BCUT2D eigenvalue weighted by Gasteiger charge is 2.23. The normalized spacial score (nSPS) is 12.2. The molecule has 0 atom stereocenters. The van der Waals surface area contributed by atoms with Crippen molar-refractivity contribution in [2.75, 3.05) is 16.8 Å². The van der Waals surface area contributed by atoms with Gasteiger partial charge in [-0.15, -0.1) is 0 Å². The van der Waals surface area contributed by atoms with Crippen LogP contribution < -0.4 is 15.8 Å². The van der Waals surface area contributed by atoms with Crippen LogP contribution in [0.1, 0.15) is 13.3 Å². The van der Waals surface area contributed by atoms with E-state index in [0.717, 1.165) is 11.4 Å². The van der Waals surface area contributed by atoms with E-state index in [1.54, 1.807) is 28.6 Å². The number of aryl methyl sites for hydroxylation is 1. The highest BCUT2D eigenvalue weighted by Crippen LogP contribution is 2.47. The number of fused-ring (bicyclic) bond motifs is 2. The average Bonchev–Trinajstić information content (AvgIpc) is 2.72. The molecule has 0 fully saturated rings. The monoisotopic (exact) mass is 391 g/mol. The summed E-state index contributed by atoms with van der Waals surface area (Å²) in [5.41, 5.74) is 2.82. The van der Waals surface area contributed by atoms with Crippen LogP contribution in [0.15, 0.2) is 81.4 Å². The van der Waals surface area contributed by atoms with Crippen molar-refractivity contribution >= 4 is 34.7 Å². The van der Waals surface area contributed by atoms with E-state index in [2.05, 4.69) is 34.5 Å². The number of nitrogens with one attached hydrogen (secondary N) is 1. The molecule has 6 heteroatoms. The van der Waals surface area contributed by atoms with E-state index in [1.165, 1.54) is 15.9 Å². The van der Waals surface area contributed by atoms with E-state index in [9.17, 15) is 9.59 Å². The van der Waals surface area contributed by atoms with Crippen molar-refractivity contribution in [1.82, 2.24) is 4.57 Å². The predicted octanol–water partition coefficient (Wildman–Crippen LogP) is 4.50. The summed E-state index contributed by atoms with van der Waals surface area (Å²) >= 11 is 1.75. The first kappa shape index (κ1) is 18.4. The van der Waals surface area contributed by atoms with E-state index in [0.29, 0.717) is 25.2 Å². The summed E-state index contributed by atoms with van der Waals surface area (Å²) in [6.07, 6.45) is 2.03. The summed E-state index contributed by atoms with van der Waals surface area (Å²) < 4.78 is 1.57. The maximum absolute atomic E-state index is 12.5. The van der Waals surface area contributed by atoms with Gasteiger partial charge in [0.2, 0.25) is 5.91 Å². The Morgan fingerprint density at radius 3 is 2.25 bits per heavy atom. The van der Waals surface area contributed by atoms with Gasteiger partial charge in [0, 0.05) is 41.6 Å². The van der Waals surface area contributed by atoms with Crippen molar-refractivity contribution in [1.29, 1.82) is 0 Å². The quantitative estimate of drug-likeness (QED) is 0.696. The molecule has 3 aromatic rings. The first-order valence-corrected chi connectivity index (χ1v) is 10.1. The number of carbonyl (C=O) groups excluding carboxylic acids is 1. The number of anilines is 3. The Bertz CT molecular complexity index is 1030. The van der Waals surface area contributed by atoms with Crippen LogP contribution in [0.3, 0.4) is 0 Å². The van der Waals surface area contributed by atoms with Crippen LogP contribution >= 0.6 is 11.8 Å². The minimum absolute atomic E-state index is 0.0699. The van der Waals surface area contributed by atoms with Crippen LogP contribution in [0.25, 0.3) is 0 Å². The maximum atomic E-state index is 12.5. The molecule has 0 unspecified atom stereocenters. The van der Waals surface area contributed by atoms with Gasteiger partial charge < -0.3 is 14.8 Å². The van der Waals surface area contributed by atoms with E-state index in [4.69, 9.17) is 0 Å². The number of hydrogen-bond acceptors (Lipinski definition) is 4. The molecule has 1 aliphatic heterocycles. The lowest BCUT2D eigenvalue weighted by Gasteiger charge is -2.32. The highest BCUT2D eigenvalue weighted by molar-refractivity contribution is 7.99. The fourth-order valence-electron chi connectivity index (χ4n) is 3.31. The van der Waals surface area contributed by atoms with Crippen molar-refractivity contribution in [3.8, 4) is 0 Å². The lowest BCUT2D eigenvalue weighted by Crippen LogP contribution is -2.26. The van der Waals surface area contributed by atoms with Gasteiger partial charge in [0.1, 0.15) is 0 Å². The molecule has 0 saturated heterocycles. The lowest BCUT2D eigenvalue weighted by atomic mass is 10.2. The Hall–Kier alpha value is -2.99. The van der Waals surface area contributed by atoms with Crippen molar-refractivity contribution in [2.24, 2.45) is 0 Å².